The summed E-state index contributed by atoms with van der Waals surface area (Å²) in [5.74, 6) is -0.0681. The number of nitrogens with two attached hydrogens (primary N) is 1. The van der Waals surface area contributed by atoms with E-state index < -0.39 is 0 Å². The van der Waals surface area contributed by atoms with Crippen molar-refractivity contribution >= 4 is 42.3 Å². The zero-order valence-electron chi connectivity index (χ0n) is 14.3. The summed E-state index contributed by atoms with van der Waals surface area (Å²) in [6, 6.07) is 7.09. The van der Waals surface area contributed by atoms with Gasteiger partial charge >= 0.3 is 0 Å². The van der Waals surface area contributed by atoms with Crippen molar-refractivity contribution < 1.29 is 14.3 Å². The number of ether oxygens (including phenoxy) is 1. The number of piperazine rings is 1. The molecule has 0 saturated carbocycles. The second kappa shape index (κ2) is 11.9. The molecule has 2 rings (SSSR count). The van der Waals surface area contributed by atoms with E-state index in [2.05, 4.69) is 5.32 Å². The standard InChI is InChI=1S/C16H24N4O3.2ClH/c1-23-11-6-18-15(21)12-19-7-9-20(10-8-19)16(22)13-4-2-3-5-14(13)17;;/h2-5H,6-12,17H2,1H3,(H,18,21);2*1H. The van der Waals surface area contributed by atoms with Gasteiger partial charge in [-0.05, 0) is 12.1 Å². The molecule has 0 spiro atoms. The Morgan fingerprint density at radius 3 is 2.40 bits per heavy atom. The number of rotatable bonds is 6. The minimum atomic E-state index is -0.0488. The molecule has 2 amide bonds. The van der Waals surface area contributed by atoms with Gasteiger partial charge in [0.1, 0.15) is 0 Å². The predicted molar refractivity (Wildman–Crippen MR) is 103 cm³/mol. The smallest absolute Gasteiger partial charge is 0.256 e. The van der Waals surface area contributed by atoms with E-state index in [9.17, 15) is 9.59 Å². The number of amides is 2. The largest absolute Gasteiger partial charge is 0.398 e. The number of carbonyl (C=O) groups excluding carboxylic acids is 2. The molecule has 3 N–H and O–H groups in total. The van der Waals surface area contributed by atoms with E-state index >= 15 is 0 Å². The molecule has 1 heterocycles. The van der Waals surface area contributed by atoms with Crippen LogP contribution in [0.25, 0.3) is 0 Å². The summed E-state index contributed by atoms with van der Waals surface area (Å²) in [6.07, 6.45) is 0. The molecule has 142 valence electrons. The molecule has 25 heavy (non-hydrogen) atoms. The molecule has 0 bridgehead atoms. The van der Waals surface area contributed by atoms with Crippen molar-refractivity contribution in [2.45, 2.75) is 0 Å². The third-order valence-corrected chi connectivity index (χ3v) is 3.85. The molecular weight excluding hydrogens is 367 g/mol. The van der Waals surface area contributed by atoms with E-state index in [1.807, 2.05) is 17.0 Å². The van der Waals surface area contributed by atoms with Gasteiger partial charge < -0.3 is 20.7 Å². The van der Waals surface area contributed by atoms with Crippen molar-refractivity contribution in [2.75, 3.05) is 58.7 Å². The van der Waals surface area contributed by atoms with Crippen LogP contribution >= 0.6 is 24.8 Å². The lowest BCUT2D eigenvalue weighted by molar-refractivity contribution is -0.122. The van der Waals surface area contributed by atoms with Gasteiger partial charge in [-0.3, -0.25) is 14.5 Å². The maximum atomic E-state index is 12.5. The molecule has 1 aliphatic rings. The molecule has 0 unspecified atom stereocenters. The Morgan fingerprint density at radius 1 is 1.16 bits per heavy atom. The first kappa shape index (κ1) is 23.5. The quantitative estimate of drug-likeness (QED) is 0.547. The Kier molecular flexibility index (Phi) is 11.2. The summed E-state index contributed by atoms with van der Waals surface area (Å²) in [7, 11) is 1.60. The molecular formula is C16H26Cl2N4O3. The van der Waals surface area contributed by atoms with Crippen LogP contribution in [0.2, 0.25) is 0 Å². The lowest BCUT2D eigenvalue weighted by Crippen LogP contribution is -2.51. The van der Waals surface area contributed by atoms with Crippen LogP contribution in [-0.4, -0.2) is 74.6 Å². The van der Waals surface area contributed by atoms with Gasteiger partial charge in [-0.1, -0.05) is 12.1 Å². The van der Waals surface area contributed by atoms with Crippen molar-refractivity contribution in [1.29, 1.82) is 0 Å². The van der Waals surface area contributed by atoms with E-state index in [4.69, 9.17) is 10.5 Å². The van der Waals surface area contributed by atoms with Gasteiger partial charge in [-0.15, -0.1) is 24.8 Å². The van der Waals surface area contributed by atoms with Crippen LogP contribution in [0.1, 0.15) is 10.4 Å². The first-order valence-electron chi connectivity index (χ1n) is 7.73. The Balaban J connectivity index is 0.00000288. The Bertz CT molecular complexity index is 552. The van der Waals surface area contributed by atoms with E-state index in [1.165, 1.54) is 0 Å². The summed E-state index contributed by atoms with van der Waals surface area (Å²) in [5.41, 5.74) is 6.90. The normalized spacial score (nSPS) is 14.2. The molecule has 9 heteroatoms. The van der Waals surface area contributed by atoms with Crippen LogP contribution in [0.5, 0.6) is 0 Å². The fourth-order valence-electron chi connectivity index (χ4n) is 2.52. The zero-order valence-corrected chi connectivity index (χ0v) is 15.9. The number of nitrogens with zero attached hydrogens (tertiary/aromatic N) is 2. The van der Waals surface area contributed by atoms with Crippen molar-refractivity contribution in [1.82, 2.24) is 15.1 Å². The van der Waals surface area contributed by atoms with Gasteiger partial charge in [0.15, 0.2) is 0 Å². The van der Waals surface area contributed by atoms with Crippen LogP contribution in [0.3, 0.4) is 0 Å². The van der Waals surface area contributed by atoms with Crippen LogP contribution in [0.15, 0.2) is 24.3 Å². The molecule has 1 aromatic rings. The first-order chi connectivity index (χ1) is 11.1. The van der Waals surface area contributed by atoms with Gasteiger partial charge in [-0.2, -0.15) is 0 Å². The Morgan fingerprint density at radius 2 is 1.80 bits per heavy atom. The fourth-order valence-corrected chi connectivity index (χ4v) is 2.52. The number of nitrogen functional groups attached to an aromatic ring is 1. The number of nitrogens with one attached hydrogen (secondary N) is 1. The molecule has 1 aromatic carbocycles. The zero-order chi connectivity index (χ0) is 16.7. The summed E-state index contributed by atoms with van der Waals surface area (Å²) < 4.78 is 4.89. The van der Waals surface area contributed by atoms with Crippen molar-refractivity contribution in [3.63, 3.8) is 0 Å². The highest BCUT2D eigenvalue weighted by atomic mass is 35.5. The Hall–Kier alpha value is -1.54. The highest BCUT2D eigenvalue weighted by Gasteiger charge is 2.24. The van der Waals surface area contributed by atoms with Crippen LogP contribution in [0.4, 0.5) is 5.69 Å². The van der Waals surface area contributed by atoms with E-state index in [0.717, 1.165) is 0 Å². The van der Waals surface area contributed by atoms with E-state index in [-0.39, 0.29) is 36.6 Å². The highest BCUT2D eigenvalue weighted by molar-refractivity contribution is 5.99. The van der Waals surface area contributed by atoms with Gasteiger partial charge in [0, 0.05) is 45.5 Å². The molecule has 0 aliphatic carbocycles. The summed E-state index contributed by atoms with van der Waals surface area (Å²) >= 11 is 0. The van der Waals surface area contributed by atoms with Crippen LogP contribution in [-0.2, 0) is 9.53 Å². The van der Waals surface area contributed by atoms with Gasteiger partial charge in [-0.25, -0.2) is 0 Å². The number of halogens is 2. The minimum Gasteiger partial charge on any atom is -0.398 e. The number of methoxy groups -OCH3 is 1. The molecule has 0 radical (unpaired) electrons. The topological polar surface area (TPSA) is 87.9 Å². The van der Waals surface area contributed by atoms with Crippen molar-refractivity contribution in [3.05, 3.63) is 29.8 Å². The first-order valence-corrected chi connectivity index (χ1v) is 7.73. The third-order valence-electron chi connectivity index (χ3n) is 3.85. The second-order valence-corrected chi connectivity index (χ2v) is 5.50. The van der Waals surface area contributed by atoms with Crippen LogP contribution < -0.4 is 11.1 Å². The third kappa shape index (κ3) is 7.07. The predicted octanol–water partition coefficient (Wildman–Crippen LogP) is 0.633. The number of anilines is 1. The SMILES string of the molecule is COCCNC(=O)CN1CCN(C(=O)c2ccccc2N)CC1.Cl.Cl. The maximum absolute atomic E-state index is 12.5. The number of hydrogen-bond acceptors (Lipinski definition) is 5. The molecule has 7 nitrogen and oxygen atoms in total. The second-order valence-electron chi connectivity index (χ2n) is 5.50. The molecule has 0 atom stereocenters. The summed E-state index contributed by atoms with van der Waals surface area (Å²) in [5, 5.41) is 2.80. The van der Waals surface area contributed by atoms with Crippen LogP contribution in [0, 0.1) is 0 Å². The maximum Gasteiger partial charge on any atom is 0.256 e. The van der Waals surface area contributed by atoms with Gasteiger partial charge in [0.2, 0.25) is 5.91 Å². The van der Waals surface area contributed by atoms with Crippen molar-refractivity contribution in [3.8, 4) is 0 Å². The van der Waals surface area contributed by atoms with Gasteiger partial charge in [0.25, 0.3) is 5.91 Å². The number of hydrogen-bond donors (Lipinski definition) is 2. The van der Waals surface area contributed by atoms with E-state index in [1.54, 1.807) is 24.1 Å². The van der Waals surface area contributed by atoms with E-state index in [0.29, 0.717) is 57.1 Å². The van der Waals surface area contributed by atoms with Crippen molar-refractivity contribution in [2.24, 2.45) is 0 Å². The number of benzene rings is 1. The molecule has 1 saturated heterocycles. The lowest BCUT2D eigenvalue weighted by atomic mass is 10.1. The average Bonchev–Trinajstić information content (AvgIpc) is 2.56. The molecule has 1 fully saturated rings. The lowest BCUT2D eigenvalue weighted by Gasteiger charge is -2.34. The average molecular weight is 393 g/mol. The number of para-hydroxylation sites is 1. The van der Waals surface area contributed by atoms with Gasteiger partial charge in [0.05, 0.1) is 18.7 Å². The number of carbonyl (C=O) groups is 2. The highest BCUT2D eigenvalue weighted by Crippen LogP contribution is 2.14. The monoisotopic (exact) mass is 392 g/mol. The summed E-state index contributed by atoms with van der Waals surface area (Å²) in [4.78, 5) is 28.0. The fraction of sp³-hybridized carbons (Fsp3) is 0.500. The Labute approximate surface area is 160 Å². The molecule has 1 aliphatic heterocycles. The minimum absolute atomic E-state index is 0. The summed E-state index contributed by atoms with van der Waals surface area (Å²) in [6.45, 7) is 3.91. The molecule has 0 aromatic heterocycles.